The Bertz CT molecular complexity index is 1230. The Morgan fingerprint density at radius 2 is 1.92 bits per heavy atom. The van der Waals surface area contributed by atoms with E-state index in [1.165, 1.54) is 6.07 Å². The van der Waals surface area contributed by atoms with Crippen molar-refractivity contribution in [3.05, 3.63) is 83.3 Å². The summed E-state index contributed by atoms with van der Waals surface area (Å²) in [6, 6.07) is 15.5. The highest BCUT2D eigenvalue weighted by Crippen LogP contribution is 2.55. The molecule has 1 saturated carbocycles. The fourth-order valence-corrected chi connectivity index (χ4v) is 4.70. The molecule has 0 bridgehead atoms. The maximum Gasteiger partial charge on any atom is 0.417 e. The molecule has 1 N–H and O–H groups in total. The number of anilines is 1. The lowest BCUT2D eigenvalue weighted by atomic mass is 10.0. The summed E-state index contributed by atoms with van der Waals surface area (Å²) in [5, 5.41) is 3.12. The number of hydrogen-bond acceptors (Lipinski definition) is 5. The predicted molar refractivity (Wildman–Crippen MR) is 129 cm³/mol. The van der Waals surface area contributed by atoms with Gasteiger partial charge in [-0.25, -0.2) is 9.97 Å². The van der Waals surface area contributed by atoms with Crippen LogP contribution in [0.3, 0.4) is 0 Å². The zero-order chi connectivity index (χ0) is 25.3. The van der Waals surface area contributed by atoms with Crippen LogP contribution in [-0.2, 0) is 12.8 Å². The van der Waals surface area contributed by atoms with Gasteiger partial charge in [-0.05, 0) is 61.4 Å². The van der Waals surface area contributed by atoms with Crippen molar-refractivity contribution < 1.29 is 22.7 Å². The second-order valence-corrected chi connectivity index (χ2v) is 9.68. The normalized spacial score (nSPS) is 18.3. The largest absolute Gasteiger partial charge is 0.486 e. The van der Waals surface area contributed by atoms with Gasteiger partial charge < -0.3 is 15.0 Å². The molecule has 1 atom stereocenters. The summed E-state index contributed by atoms with van der Waals surface area (Å²) in [7, 11) is 0. The van der Waals surface area contributed by atoms with Gasteiger partial charge in [0.15, 0.2) is 11.4 Å². The molecule has 1 amide bonds. The first-order chi connectivity index (χ1) is 17.2. The Balaban J connectivity index is 1.31. The number of nitrogens with zero attached hydrogens (tertiary/aromatic N) is 3. The van der Waals surface area contributed by atoms with Crippen LogP contribution in [-0.4, -0.2) is 39.9 Å². The molecule has 188 valence electrons. The number of likely N-dealkylation sites (tertiary alicyclic amines) is 1. The smallest absolute Gasteiger partial charge is 0.417 e. The molecule has 2 aliphatic rings. The van der Waals surface area contributed by atoms with Crippen LogP contribution in [0.4, 0.5) is 19.0 Å². The highest BCUT2D eigenvalue weighted by molar-refractivity contribution is 5.95. The number of amides is 1. The summed E-state index contributed by atoms with van der Waals surface area (Å²) >= 11 is 0. The molecular weight excluding hydrogens is 469 g/mol. The van der Waals surface area contributed by atoms with Crippen LogP contribution < -0.4 is 10.1 Å². The number of pyridine rings is 2. The Morgan fingerprint density at radius 1 is 1.14 bits per heavy atom. The number of carbonyl (C=O) groups is 1. The number of hydrogen-bond donors (Lipinski definition) is 1. The lowest BCUT2D eigenvalue weighted by Gasteiger charge is -2.26. The standard InChI is InChI=1S/C27H27F3N4O2/c1-18-7-9-22(36-16-19-5-3-2-4-6-19)24(33-18)25(35)34-17-26(11-12-26)13-21(34)15-32-23-10-8-20(14-31-23)27(28,29)30/h2-10,14,21H,11-13,15-17H2,1H3,(H,31,32). The summed E-state index contributed by atoms with van der Waals surface area (Å²) in [4.78, 5) is 24.0. The molecule has 1 aliphatic carbocycles. The van der Waals surface area contributed by atoms with E-state index in [0.29, 0.717) is 31.3 Å². The van der Waals surface area contributed by atoms with Gasteiger partial charge in [0, 0.05) is 31.0 Å². The first-order valence-electron chi connectivity index (χ1n) is 11.9. The second kappa shape index (κ2) is 9.44. The quantitative estimate of drug-likeness (QED) is 0.469. The first-order valence-corrected chi connectivity index (χ1v) is 11.9. The van der Waals surface area contributed by atoms with E-state index >= 15 is 0 Å². The van der Waals surface area contributed by atoms with Crippen molar-refractivity contribution in [2.24, 2.45) is 5.41 Å². The van der Waals surface area contributed by atoms with E-state index in [9.17, 15) is 18.0 Å². The van der Waals surface area contributed by atoms with Crippen molar-refractivity contribution in [1.29, 1.82) is 0 Å². The van der Waals surface area contributed by atoms with E-state index in [-0.39, 0.29) is 23.1 Å². The molecule has 0 radical (unpaired) electrons. The molecule has 3 aromatic rings. The number of nitrogens with one attached hydrogen (secondary N) is 1. The van der Waals surface area contributed by atoms with Gasteiger partial charge >= 0.3 is 6.18 Å². The van der Waals surface area contributed by atoms with Gasteiger partial charge in [0.1, 0.15) is 12.4 Å². The highest BCUT2D eigenvalue weighted by Gasteiger charge is 2.53. The fourth-order valence-electron chi connectivity index (χ4n) is 4.70. The van der Waals surface area contributed by atoms with E-state index in [1.807, 2.05) is 48.2 Å². The first kappa shape index (κ1) is 24.1. The number of rotatable bonds is 7. The number of aryl methyl sites for hydroxylation is 1. The van der Waals surface area contributed by atoms with Gasteiger partial charge in [-0.3, -0.25) is 4.79 Å². The number of benzene rings is 1. The summed E-state index contributed by atoms with van der Waals surface area (Å²) in [6.45, 7) is 3.17. The van der Waals surface area contributed by atoms with Crippen LogP contribution in [0, 0.1) is 12.3 Å². The van der Waals surface area contributed by atoms with Gasteiger partial charge in [-0.15, -0.1) is 0 Å². The molecule has 1 saturated heterocycles. The lowest BCUT2D eigenvalue weighted by Crippen LogP contribution is -2.40. The van der Waals surface area contributed by atoms with E-state index in [4.69, 9.17) is 4.74 Å². The van der Waals surface area contributed by atoms with E-state index < -0.39 is 11.7 Å². The summed E-state index contributed by atoms with van der Waals surface area (Å²) in [5.41, 5.74) is 1.30. The maximum atomic E-state index is 13.7. The molecule has 6 nitrogen and oxygen atoms in total. The number of carbonyl (C=O) groups excluding carboxylic acids is 1. The van der Waals surface area contributed by atoms with Crippen LogP contribution in [0.25, 0.3) is 0 Å². The van der Waals surface area contributed by atoms with Crippen molar-refractivity contribution in [3.8, 4) is 5.75 Å². The minimum Gasteiger partial charge on any atom is -0.486 e. The van der Waals surface area contributed by atoms with Gasteiger partial charge in [-0.1, -0.05) is 30.3 Å². The molecule has 1 aliphatic heterocycles. The van der Waals surface area contributed by atoms with Crippen LogP contribution in [0.1, 0.15) is 46.6 Å². The van der Waals surface area contributed by atoms with Crippen LogP contribution in [0.2, 0.25) is 0 Å². The van der Waals surface area contributed by atoms with Crippen LogP contribution in [0.5, 0.6) is 5.75 Å². The Hall–Kier alpha value is -3.62. The maximum absolute atomic E-state index is 13.7. The van der Waals surface area contributed by atoms with Gasteiger partial charge in [0.2, 0.25) is 0 Å². The molecule has 5 rings (SSSR count). The van der Waals surface area contributed by atoms with Gasteiger partial charge in [0.05, 0.1) is 5.56 Å². The topological polar surface area (TPSA) is 67.3 Å². The molecular formula is C27H27F3N4O2. The van der Waals surface area contributed by atoms with Crippen molar-refractivity contribution >= 4 is 11.7 Å². The molecule has 1 unspecified atom stereocenters. The Kier molecular flexibility index (Phi) is 6.32. The van der Waals surface area contributed by atoms with Gasteiger partial charge in [0.25, 0.3) is 5.91 Å². The van der Waals surface area contributed by atoms with Crippen molar-refractivity contribution in [2.75, 3.05) is 18.4 Å². The second-order valence-electron chi connectivity index (χ2n) is 9.68. The molecule has 3 heterocycles. The van der Waals surface area contributed by atoms with Gasteiger partial charge in [-0.2, -0.15) is 13.2 Å². The van der Waals surface area contributed by atoms with Crippen molar-refractivity contribution in [2.45, 2.75) is 45.0 Å². The molecule has 2 fully saturated rings. The minimum atomic E-state index is -4.43. The van der Waals surface area contributed by atoms with Crippen LogP contribution in [0.15, 0.2) is 60.8 Å². The van der Waals surface area contributed by atoms with Crippen molar-refractivity contribution in [3.63, 3.8) is 0 Å². The predicted octanol–water partition coefficient (Wildman–Crippen LogP) is 5.49. The Morgan fingerprint density at radius 3 is 2.58 bits per heavy atom. The zero-order valence-electron chi connectivity index (χ0n) is 19.9. The highest BCUT2D eigenvalue weighted by atomic mass is 19.4. The number of halogens is 3. The minimum absolute atomic E-state index is 0.116. The van der Waals surface area contributed by atoms with E-state index in [2.05, 4.69) is 15.3 Å². The monoisotopic (exact) mass is 496 g/mol. The van der Waals surface area contributed by atoms with Crippen molar-refractivity contribution in [1.82, 2.24) is 14.9 Å². The van der Waals surface area contributed by atoms with Crippen LogP contribution >= 0.6 is 0 Å². The third-order valence-corrected chi connectivity index (χ3v) is 6.88. The number of ether oxygens (including phenoxy) is 1. The molecule has 2 aromatic heterocycles. The number of alkyl halides is 3. The Labute approximate surface area is 207 Å². The lowest BCUT2D eigenvalue weighted by molar-refractivity contribution is -0.137. The average molecular weight is 497 g/mol. The molecule has 1 spiro atoms. The summed E-state index contributed by atoms with van der Waals surface area (Å²) in [5.74, 6) is 0.577. The third kappa shape index (κ3) is 5.29. The summed E-state index contributed by atoms with van der Waals surface area (Å²) < 4.78 is 44.5. The van der Waals surface area contributed by atoms with E-state index in [0.717, 1.165) is 42.8 Å². The number of aromatic nitrogens is 2. The SMILES string of the molecule is Cc1ccc(OCc2ccccc2)c(C(=O)N2CC3(CC3)CC2CNc2ccc(C(F)(F)F)cn2)n1. The summed E-state index contributed by atoms with van der Waals surface area (Å²) in [6.07, 6.45) is -0.664. The zero-order valence-corrected chi connectivity index (χ0v) is 19.9. The van der Waals surface area contributed by atoms with E-state index in [1.54, 1.807) is 6.07 Å². The molecule has 36 heavy (non-hydrogen) atoms. The molecule has 9 heteroatoms. The molecule has 1 aromatic carbocycles. The average Bonchev–Trinajstić information content (AvgIpc) is 3.52. The fraction of sp³-hybridized carbons (Fsp3) is 0.370. The third-order valence-electron chi connectivity index (χ3n) is 6.88.